The van der Waals surface area contributed by atoms with Gasteiger partial charge in [0.15, 0.2) is 0 Å². The Morgan fingerprint density at radius 3 is 2.76 bits per heavy atom. The molecule has 0 saturated carbocycles. The highest BCUT2D eigenvalue weighted by Gasteiger charge is 2.29. The maximum Gasteiger partial charge on any atom is 0.223 e. The molecule has 2 aliphatic rings. The quantitative estimate of drug-likeness (QED) is 0.805. The minimum Gasteiger partial charge on any atom is -0.378 e. The first-order valence-corrected chi connectivity index (χ1v) is 6.31. The van der Waals surface area contributed by atoms with Crippen molar-refractivity contribution in [1.29, 1.82) is 0 Å². The number of hydrogen-bond donors (Lipinski definition) is 2. The van der Waals surface area contributed by atoms with Crippen molar-refractivity contribution in [1.82, 2.24) is 10.6 Å². The predicted octanol–water partition coefficient (Wildman–Crippen LogP) is 1.24. The Balaban J connectivity index is 0.00000144. The van der Waals surface area contributed by atoms with Crippen molar-refractivity contribution in [2.75, 3.05) is 19.7 Å². The number of carbonyl (C=O) groups is 1. The Hall–Kier alpha value is -0.320. The molecule has 0 bridgehead atoms. The Labute approximate surface area is 109 Å². The summed E-state index contributed by atoms with van der Waals surface area (Å²) in [5.74, 6) is 0.149. The zero-order valence-corrected chi connectivity index (χ0v) is 11.3. The lowest BCUT2D eigenvalue weighted by Crippen LogP contribution is -2.52. The summed E-state index contributed by atoms with van der Waals surface area (Å²) in [6.45, 7) is 4.95. The fourth-order valence-electron chi connectivity index (χ4n) is 2.50. The molecule has 0 aromatic heterocycles. The second-order valence-electron chi connectivity index (χ2n) is 5.20. The third kappa shape index (κ3) is 4.45. The molecule has 0 aliphatic carbocycles. The van der Waals surface area contributed by atoms with Crippen LogP contribution in [0.2, 0.25) is 0 Å². The Morgan fingerprint density at radius 1 is 1.47 bits per heavy atom. The fraction of sp³-hybridized carbons (Fsp3) is 0.917. The summed E-state index contributed by atoms with van der Waals surface area (Å²) in [6.07, 6.45) is 4.85. The zero-order valence-electron chi connectivity index (χ0n) is 10.5. The van der Waals surface area contributed by atoms with E-state index in [1.807, 2.05) is 0 Å². The van der Waals surface area contributed by atoms with E-state index in [0.717, 1.165) is 45.4 Å². The lowest BCUT2D eigenvalue weighted by molar-refractivity contribution is -0.125. The monoisotopic (exact) mass is 262 g/mol. The van der Waals surface area contributed by atoms with Gasteiger partial charge in [0.05, 0.1) is 12.5 Å². The molecule has 0 aromatic rings. The van der Waals surface area contributed by atoms with Gasteiger partial charge in [-0.2, -0.15) is 0 Å². The molecule has 2 fully saturated rings. The third-order valence-corrected chi connectivity index (χ3v) is 3.59. The maximum absolute atomic E-state index is 11.9. The lowest BCUT2D eigenvalue weighted by Gasteiger charge is -2.35. The van der Waals surface area contributed by atoms with Crippen molar-refractivity contribution in [2.24, 2.45) is 0 Å². The van der Waals surface area contributed by atoms with Crippen LogP contribution in [0.25, 0.3) is 0 Å². The van der Waals surface area contributed by atoms with Gasteiger partial charge in [-0.05, 0) is 45.7 Å². The van der Waals surface area contributed by atoms with Crippen LogP contribution in [0.15, 0.2) is 0 Å². The van der Waals surface area contributed by atoms with Crippen LogP contribution in [0.3, 0.4) is 0 Å². The maximum atomic E-state index is 11.9. The van der Waals surface area contributed by atoms with Crippen molar-refractivity contribution in [3.63, 3.8) is 0 Å². The number of rotatable bonds is 3. The minimum absolute atomic E-state index is 0. The van der Waals surface area contributed by atoms with E-state index in [2.05, 4.69) is 17.6 Å². The summed E-state index contributed by atoms with van der Waals surface area (Å²) in [4.78, 5) is 11.9. The van der Waals surface area contributed by atoms with E-state index in [9.17, 15) is 4.79 Å². The highest BCUT2D eigenvalue weighted by atomic mass is 35.5. The summed E-state index contributed by atoms with van der Waals surface area (Å²) in [7, 11) is 0. The second kappa shape index (κ2) is 6.57. The van der Waals surface area contributed by atoms with Gasteiger partial charge in [0.1, 0.15) is 0 Å². The van der Waals surface area contributed by atoms with Gasteiger partial charge in [-0.1, -0.05) is 0 Å². The smallest absolute Gasteiger partial charge is 0.223 e. The molecule has 1 atom stereocenters. The Bertz CT molecular complexity index is 249. The molecule has 100 valence electrons. The van der Waals surface area contributed by atoms with E-state index in [-0.39, 0.29) is 30.0 Å². The van der Waals surface area contributed by atoms with Crippen molar-refractivity contribution < 1.29 is 9.53 Å². The fourth-order valence-corrected chi connectivity index (χ4v) is 2.50. The molecule has 4 nitrogen and oxygen atoms in total. The van der Waals surface area contributed by atoms with Gasteiger partial charge in [0.2, 0.25) is 5.91 Å². The molecule has 0 spiro atoms. The van der Waals surface area contributed by atoms with Crippen molar-refractivity contribution >= 4 is 18.3 Å². The van der Waals surface area contributed by atoms with Crippen LogP contribution < -0.4 is 10.6 Å². The van der Waals surface area contributed by atoms with Gasteiger partial charge in [0, 0.05) is 12.1 Å². The lowest BCUT2D eigenvalue weighted by atomic mass is 9.90. The van der Waals surface area contributed by atoms with E-state index in [4.69, 9.17) is 4.74 Å². The SMILES string of the molecule is CC1(NC(=O)CC2CCCO2)CCNCC1.Cl. The third-order valence-electron chi connectivity index (χ3n) is 3.59. The Morgan fingerprint density at radius 2 is 2.18 bits per heavy atom. The van der Waals surface area contributed by atoms with E-state index in [0.29, 0.717) is 6.42 Å². The van der Waals surface area contributed by atoms with Crippen LogP contribution >= 0.6 is 12.4 Å². The van der Waals surface area contributed by atoms with E-state index in [1.54, 1.807) is 0 Å². The van der Waals surface area contributed by atoms with Gasteiger partial charge in [-0.25, -0.2) is 0 Å². The van der Waals surface area contributed by atoms with Gasteiger partial charge in [0.25, 0.3) is 0 Å². The highest BCUT2D eigenvalue weighted by molar-refractivity contribution is 5.85. The summed E-state index contributed by atoms with van der Waals surface area (Å²) in [5, 5.41) is 6.47. The summed E-state index contributed by atoms with van der Waals surface area (Å²) in [6, 6.07) is 0. The number of carbonyl (C=O) groups excluding carboxylic acids is 1. The van der Waals surface area contributed by atoms with Gasteiger partial charge >= 0.3 is 0 Å². The zero-order chi connectivity index (χ0) is 11.4. The first-order chi connectivity index (χ1) is 7.68. The predicted molar refractivity (Wildman–Crippen MR) is 69.5 cm³/mol. The van der Waals surface area contributed by atoms with Crippen LogP contribution in [-0.2, 0) is 9.53 Å². The molecule has 17 heavy (non-hydrogen) atoms. The molecule has 2 saturated heterocycles. The van der Waals surface area contributed by atoms with Crippen molar-refractivity contribution in [3.8, 4) is 0 Å². The highest BCUT2D eigenvalue weighted by Crippen LogP contribution is 2.19. The number of amides is 1. The van der Waals surface area contributed by atoms with Crippen LogP contribution in [0.4, 0.5) is 0 Å². The summed E-state index contributed by atoms with van der Waals surface area (Å²) < 4.78 is 5.47. The van der Waals surface area contributed by atoms with E-state index in [1.165, 1.54) is 0 Å². The first kappa shape index (κ1) is 14.7. The Kier molecular flexibility index (Phi) is 5.70. The topological polar surface area (TPSA) is 50.4 Å². The molecule has 0 aromatic carbocycles. The molecule has 5 heteroatoms. The van der Waals surface area contributed by atoms with E-state index < -0.39 is 0 Å². The average molecular weight is 263 g/mol. The number of halogens is 1. The van der Waals surface area contributed by atoms with Gasteiger partial charge in [-0.3, -0.25) is 4.79 Å². The summed E-state index contributed by atoms with van der Waals surface area (Å²) in [5.41, 5.74) is -0.0130. The largest absolute Gasteiger partial charge is 0.378 e. The standard InChI is InChI=1S/C12H22N2O2.ClH/c1-12(4-6-13-7-5-12)14-11(15)9-10-3-2-8-16-10;/h10,13H,2-9H2,1H3,(H,14,15);1H. The number of piperidine rings is 1. The molecule has 0 radical (unpaired) electrons. The van der Waals surface area contributed by atoms with Crippen LogP contribution in [0, 0.1) is 0 Å². The summed E-state index contributed by atoms with van der Waals surface area (Å²) >= 11 is 0. The molecule has 1 amide bonds. The van der Waals surface area contributed by atoms with Gasteiger partial charge in [-0.15, -0.1) is 12.4 Å². The minimum atomic E-state index is -0.0130. The number of nitrogens with one attached hydrogen (secondary N) is 2. The molecule has 2 aliphatic heterocycles. The molecule has 2 N–H and O–H groups in total. The van der Waals surface area contributed by atoms with Crippen LogP contribution in [-0.4, -0.2) is 37.2 Å². The van der Waals surface area contributed by atoms with Crippen LogP contribution in [0.5, 0.6) is 0 Å². The van der Waals surface area contributed by atoms with E-state index >= 15 is 0 Å². The van der Waals surface area contributed by atoms with Crippen molar-refractivity contribution in [2.45, 2.75) is 50.7 Å². The first-order valence-electron chi connectivity index (χ1n) is 6.31. The molecular formula is C12H23ClN2O2. The average Bonchev–Trinajstić information content (AvgIpc) is 2.70. The molecule has 1 unspecified atom stereocenters. The second-order valence-corrected chi connectivity index (χ2v) is 5.20. The number of ether oxygens (including phenoxy) is 1. The van der Waals surface area contributed by atoms with Crippen molar-refractivity contribution in [3.05, 3.63) is 0 Å². The molecule has 2 rings (SSSR count). The normalized spacial score (nSPS) is 27.2. The molecule has 2 heterocycles. The number of hydrogen-bond acceptors (Lipinski definition) is 3. The molecular weight excluding hydrogens is 240 g/mol. The van der Waals surface area contributed by atoms with Crippen LogP contribution in [0.1, 0.15) is 39.0 Å². The van der Waals surface area contributed by atoms with Gasteiger partial charge < -0.3 is 15.4 Å².